The van der Waals surface area contributed by atoms with Gasteiger partial charge in [-0.3, -0.25) is 9.59 Å². The summed E-state index contributed by atoms with van der Waals surface area (Å²) in [5.74, 6) is -1.46. The summed E-state index contributed by atoms with van der Waals surface area (Å²) in [6.07, 6.45) is -2.34. The standard InChI is InChI=1S/C19H25F3N4O5S/c1-14(27)26-12-11-25(32(29,30)24-9-3-2-4-10-24)13-17(26)18(28)23-15-5-7-16(8-6-15)31-19(20,21)22/h5-8,17H,2-4,9-13H2,1H3,(H,23,28). The first-order valence-corrected chi connectivity index (χ1v) is 11.6. The van der Waals surface area contributed by atoms with Crippen LogP contribution in [0.2, 0.25) is 0 Å². The summed E-state index contributed by atoms with van der Waals surface area (Å²) in [7, 11) is -3.77. The van der Waals surface area contributed by atoms with Crippen LogP contribution >= 0.6 is 0 Å². The maximum Gasteiger partial charge on any atom is 0.573 e. The molecule has 2 aliphatic heterocycles. The second kappa shape index (κ2) is 9.63. The van der Waals surface area contributed by atoms with E-state index in [1.54, 1.807) is 0 Å². The Labute approximate surface area is 184 Å². The smallest absolute Gasteiger partial charge is 0.406 e. The number of benzene rings is 1. The Balaban J connectivity index is 1.72. The minimum Gasteiger partial charge on any atom is -0.406 e. The molecular weight excluding hydrogens is 453 g/mol. The number of alkyl halides is 3. The van der Waals surface area contributed by atoms with Gasteiger partial charge in [0.1, 0.15) is 11.8 Å². The molecule has 2 heterocycles. The van der Waals surface area contributed by atoms with Crippen LogP contribution in [0.1, 0.15) is 26.2 Å². The van der Waals surface area contributed by atoms with Crippen LogP contribution < -0.4 is 10.1 Å². The SMILES string of the molecule is CC(=O)N1CCN(S(=O)(=O)N2CCCCC2)CC1C(=O)Nc1ccc(OC(F)(F)F)cc1. The number of piperidine rings is 1. The largest absolute Gasteiger partial charge is 0.573 e. The van der Waals surface area contributed by atoms with Crippen molar-refractivity contribution in [2.24, 2.45) is 0 Å². The zero-order valence-electron chi connectivity index (χ0n) is 17.5. The predicted molar refractivity (Wildman–Crippen MR) is 109 cm³/mol. The van der Waals surface area contributed by atoms with Crippen molar-refractivity contribution in [1.82, 2.24) is 13.5 Å². The molecule has 0 saturated carbocycles. The molecule has 0 spiro atoms. The number of rotatable bonds is 5. The molecule has 1 N–H and O–H groups in total. The minimum absolute atomic E-state index is 0.0544. The first kappa shape index (κ1) is 24.3. The number of carbonyl (C=O) groups is 2. The van der Waals surface area contributed by atoms with E-state index < -0.39 is 34.3 Å². The van der Waals surface area contributed by atoms with Crippen molar-refractivity contribution >= 4 is 27.7 Å². The second-order valence-corrected chi connectivity index (χ2v) is 9.54. The summed E-state index contributed by atoms with van der Waals surface area (Å²) in [6, 6.07) is 3.45. The summed E-state index contributed by atoms with van der Waals surface area (Å²) in [5, 5.41) is 2.53. The molecular formula is C19H25F3N4O5S. The highest BCUT2D eigenvalue weighted by atomic mass is 32.2. The zero-order valence-corrected chi connectivity index (χ0v) is 18.3. The summed E-state index contributed by atoms with van der Waals surface area (Å²) in [6.45, 7) is 2.04. The van der Waals surface area contributed by atoms with E-state index in [4.69, 9.17) is 0 Å². The Morgan fingerprint density at radius 3 is 2.19 bits per heavy atom. The minimum atomic E-state index is -4.84. The molecule has 2 aliphatic rings. The van der Waals surface area contributed by atoms with Crippen molar-refractivity contribution in [3.63, 3.8) is 0 Å². The fourth-order valence-electron chi connectivity index (χ4n) is 3.79. The molecule has 13 heteroatoms. The lowest BCUT2D eigenvalue weighted by Crippen LogP contribution is -2.62. The van der Waals surface area contributed by atoms with Gasteiger partial charge in [0, 0.05) is 45.3 Å². The molecule has 0 aromatic heterocycles. The molecule has 1 aromatic rings. The van der Waals surface area contributed by atoms with E-state index in [2.05, 4.69) is 10.1 Å². The number of hydrogen-bond acceptors (Lipinski definition) is 5. The number of amides is 2. The van der Waals surface area contributed by atoms with Crippen LogP contribution in [0.25, 0.3) is 0 Å². The van der Waals surface area contributed by atoms with Gasteiger partial charge >= 0.3 is 6.36 Å². The number of halogens is 3. The van der Waals surface area contributed by atoms with E-state index in [9.17, 15) is 31.2 Å². The number of piperazine rings is 1. The van der Waals surface area contributed by atoms with Gasteiger partial charge in [-0.2, -0.15) is 17.0 Å². The normalized spacial score (nSPS) is 21.2. The quantitative estimate of drug-likeness (QED) is 0.696. The van der Waals surface area contributed by atoms with E-state index in [0.29, 0.717) is 13.1 Å². The number of anilines is 1. The van der Waals surface area contributed by atoms with Gasteiger partial charge in [0.05, 0.1) is 0 Å². The zero-order chi connectivity index (χ0) is 23.5. The molecule has 0 radical (unpaired) electrons. The van der Waals surface area contributed by atoms with Crippen molar-refractivity contribution in [3.05, 3.63) is 24.3 Å². The van der Waals surface area contributed by atoms with Crippen LogP contribution in [0.5, 0.6) is 5.75 Å². The lowest BCUT2D eigenvalue weighted by Gasteiger charge is -2.41. The highest BCUT2D eigenvalue weighted by Gasteiger charge is 2.40. The molecule has 1 aromatic carbocycles. The Hall–Kier alpha value is -2.38. The highest BCUT2D eigenvalue weighted by Crippen LogP contribution is 2.25. The molecule has 0 bridgehead atoms. The maximum absolute atomic E-state index is 13.0. The van der Waals surface area contributed by atoms with Crippen molar-refractivity contribution in [3.8, 4) is 5.75 Å². The first-order chi connectivity index (χ1) is 15.0. The fraction of sp³-hybridized carbons (Fsp3) is 0.579. The average Bonchev–Trinajstić information content (AvgIpc) is 2.74. The van der Waals surface area contributed by atoms with Gasteiger partial charge in [0.25, 0.3) is 10.2 Å². The van der Waals surface area contributed by atoms with Crippen molar-refractivity contribution in [1.29, 1.82) is 0 Å². The van der Waals surface area contributed by atoms with Gasteiger partial charge in [-0.05, 0) is 37.1 Å². The third-order valence-corrected chi connectivity index (χ3v) is 7.38. The molecule has 2 amide bonds. The van der Waals surface area contributed by atoms with Crippen LogP contribution in [-0.2, 0) is 19.8 Å². The summed E-state index contributed by atoms with van der Waals surface area (Å²) >= 11 is 0. The number of nitrogens with one attached hydrogen (secondary N) is 1. The van der Waals surface area contributed by atoms with Gasteiger partial charge in [-0.25, -0.2) is 0 Å². The van der Waals surface area contributed by atoms with E-state index in [-0.39, 0.29) is 31.2 Å². The lowest BCUT2D eigenvalue weighted by atomic mass is 10.1. The Kier molecular flexibility index (Phi) is 7.30. The monoisotopic (exact) mass is 478 g/mol. The predicted octanol–water partition coefficient (Wildman–Crippen LogP) is 1.79. The van der Waals surface area contributed by atoms with Gasteiger partial charge in [-0.15, -0.1) is 13.2 Å². The van der Waals surface area contributed by atoms with E-state index in [0.717, 1.165) is 31.4 Å². The van der Waals surface area contributed by atoms with Crippen LogP contribution in [0, 0.1) is 0 Å². The van der Waals surface area contributed by atoms with Gasteiger partial charge in [-0.1, -0.05) is 6.42 Å². The number of ether oxygens (including phenoxy) is 1. The number of hydrogen-bond donors (Lipinski definition) is 1. The van der Waals surface area contributed by atoms with Gasteiger partial charge < -0.3 is 15.0 Å². The van der Waals surface area contributed by atoms with Crippen molar-refractivity contribution in [2.45, 2.75) is 38.6 Å². The summed E-state index contributed by atoms with van der Waals surface area (Å²) < 4.78 is 69.3. The number of carbonyl (C=O) groups excluding carboxylic acids is 2. The molecule has 0 aliphatic carbocycles. The molecule has 32 heavy (non-hydrogen) atoms. The molecule has 9 nitrogen and oxygen atoms in total. The highest BCUT2D eigenvalue weighted by molar-refractivity contribution is 7.86. The van der Waals surface area contributed by atoms with E-state index in [1.807, 2.05) is 0 Å². The van der Waals surface area contributed by atoms with Crippen molar-refractivity contribution in [2.75, 3.05) is 38.0 Å². The third kappa shape index (κ3) is 5.90. The second-order valence-electron chi connectivity index (χ2n) is 7.62. The van der Waals surface area contributed by atoms with Crippen LogP contribution in [0.4, 0.5) is 18.9 Å². The first-order valence-electron chi connectivity index (χ1n) is 10.2. The molecule has 1 unspecified atom stereocenters. The maximum atomic E-state index is 13.0. The van der Waals surface area contributed by atoms with Crippen LogP contribution in [0.3, 0.4) is 0 Å². The molecule has 2 fully saturated rings. The fourth-order valence-corrected chi connectivity index (χ4v) is 5.48. The van der Waals surface area contributed by atoms with Crippen molar-refractivity contribution < 1.29 is 35.9 Å². The van der Waals surface area contributed by atoms with Crippen LogP contribution in [0.15, 0.2) is 24.3 Å². The van der Waals surface area contributed by atoms with Gasteiger partial charge in [0.15, 0.2) is 0 Å². The average molecular weight is 478 g/mol. The Morgan fingerprint density at radius 1 is 1.00 bits per heavy atom. The Morgan fingerprint density at radius 2 is 1.62 bits per heavy atom. The summed E-state index contributed by atoms with van der Waals surface area (Å²) in [5.41, 5.74) is 0.184. The van der Waals surface area contributed by atoms with Gasteiger partial charge in [0.2, 0.25) is 11.8 Å². The molecule has 178 valence electrons. The number of nitrogens with zero attached hydrogens (tertiary/aromatic N) is 3. The lowest BCUT2D eigenvalue weighted by molar-refractivity contribution is -0.274. The van der Waals surface area contributed by atoms with E-state index in [1.165, 1.54) is 32.6 Å². The topological polar surface area (TPSA) is 99.3 Å². The summed E-state index contributed by atoms with van der Waals surface area (Å²) in [4.78, 5) is 26.2. The van der Waals surface area contributed by atoms with E-state index >= 15 is 0 Å². The molecule has 3 rings (SSSR count). The van der Waals surface area contributed by atoms with Crippen LogP contribution in [-0.4, -0.2) is 78.9 Å². The molecule has 1 atom stereocenters. The molecule has 2 saturated heterocycles. The third-order valence-electron chi connectivity index (χ3n) is 5.37. The Bertz CT molecular complexity index is 933.